The fourth-order valence-corrected chi connectivity index (χ4v) is 4.73. The molecule has 0 aliphatic carbocycles. The average molecular weight is 402 g/mol. The molecule has 3 aromatic carbocycles. The molecule has 0 radical (unpaired) electrons. The van der Waals surface area contributed by atoms with Gasteiger partial charge in [-0.1, -0.05) is 54.6 Å². The molecule has 0 saturated heterocycles. The Morgan fingerprint density at radius 1 is 0.704 bits per heavy atom. The first-order chi connectivity index (χ1) is 12.8. The Morgan fingerprint density at radius 2 is 1.26 bits per heavy atom. The van der Waals surface area contributed by atoms with Gasteiger partial charge >= 0.3 is 0 Å². The molecule has 0 fully saturated rings. The molecule has 0 heterocycles. The van der Waals surface area contributed by atoms with Crippen LogP contribution in [0, 0.1) is 0 Å². The fourth-order valence-electron chi connectivity index (χ4n) is 2.60. The van der Waals surface area contributed by atoms with Crippen molar-refractivity contribution < 1.29 is 16.8 Å². The maximum atomic E-state index is 13.3. The van der Waals surface area contributed by atoms with Crippen LogP contribution in [-0.4, -0.2) is 16.8 Å². The van der Waals surface area contributed by atoms with Gasteiger partial charge in [0.2, 0.25) is 10.0 Å². The van der Waals surface area contributed by atoms with E-state index in [1.165, 1.54) is 22.5 Å². The summed E-state index contributed by atoms with van der Waals surface area (Å²) in [5, 5.41) is 5.14. The number of primary sulfonamides is 1. The second-order valence-corrected chi connectivity index (χ2v) is 9.28. The van der Waals surface area contributed by atoms with E-state index in [-0.39, 0.29) is 16.3 Å². The van der Waals surface area contributed by atoms with Gasteiger partial charge < -0.3 is 0 Å². The number of anilines is 1. The largest absolute Gasteiger partial charge is 0.264 e. The highest BCUT2D eigenvalue weighted by Crippen LogP contribution is 2.26. The lowest BCUT2D eigenvalue weighted by Gasteiger charge is -2.25. The van der Waals surface area contributed by atoms with Crippen molar-refractivity contribution in [3.63, 3.8) is 0 Å². The molecule has 0 aliphatic heterocycles. The van der Waals surface area contributed by atoms with Crippen LogP contribution in [0.3, 0.4) is 0 Å². The number of nitrogens with two attached hydrogens (primary N) is 1. The highest BCUT2D eigenvalue weighted by molar-refractivity contribution is 7.93. The molecular formula is C19H18N2O4S2. The van der Waals surface area contributed by atoms with Crippen LogP contribution in [0.1, 0.15) is 5.56 Å². The average Bonchev–Trinajstić information content (AvgIpc) is 2.67. The number of hydrogen-bond acceptors (Lipinski definition) is 4. The van der Waals surface area contributed by atoms with Crippen LogP contribution < -0.4 is 9.44 Å². The van der Waals surface area contributed by atoms with E-state index in [9.17, 15) is 16.8 Å². The van der Waals surface area contributed by atoms with E-state index in [1.807, 2.05) is 30.3 Å². The number of benzene rings is 3. The van der Waals surface area contributed by atoms with E-state index >= 15 is 0 Å². The summed E-state index contributed by atoms with van der Waals surface area (Å²) in [5.41, 5.74) is 1.27. The number of para-hydroxylation sites is 1. The maximum absolute atomic E-state index is 13.3. The molecule has 0 atom stereocenters. The van der Waals surface area contributed by atoms with Crippen LogP contribution in [0.15, 0.2) is 94.7 Å². The van der Waals surface area contributed by atoms with E-state index < -0.39 is 20.0 Å². The summed E-state index contributed by atoms with van der Waals surface area (Å²) in [7, 11) is -8.04. The van der Waals surface area contributed by atoms with Crippen LogP contribution in [0.2, 0.25) is 0 Å². The minimum absolute atomic E-state index is 0.104. The molecule has 27 heavy (non-hydrogen) atoms. The summed E-state index contributed by atoms with van der Waals surface area (Å²) in [4.78, 5) is -0.398. The topological polar surface area (TPSA) is 97.5 Å². The van der Waals surface area contributed by atoms with Crippen molar-refractivity contribution in [1.29, 1.82) is 0 Å². The zero-order valence-corrected chi connectivity index (χ0v) is 15.9. The lowest BCUT2D eigenvalue weighted by Crippen LogP contribution is -2.30. The zero-order valence-electron chi connectivity index (χ0n) is 14.3. The van der Waals surface area contributed by atoms with Gasteiger partial charge in [-0.3, -0.25) is 4.31 Å². The number of rotatable bonds is 6. The van der Waals surface area contributed by atoms with Crippen molar-refractivity contribution in [2.24, 2.45) is 5.14 Å². The van der Waals surface area contributed by atoms with Crippen LogP contribution in [-0.2, 0) is 26.6 Å². The Hall–Kier alpha value is -2.68. The van der Waals surface area contributed by atoms with Crippen LogP contribution >= 0.6 is 0 Å². The highest BCUT2D eigenvalue weighted by Gasteiger charge is 2.26. The first kappa shape index (κ1) is 19.1. The second-order valence-electron chi connectivity index (χ2n) is 5.85. The molecule has 0 bridgehead atoms. The van der Waals surface area contributed by atoms with Gasteiger partial charge in [-0.05, 0) is 35.9 Å². The van der Waals surface area contributed by atoms with Crippen molar-refractivity contribution >= 4 is 25.7 Å². The smallest absolute Gasteiger partial charge is 0.262 e. The molecule has 0 unspecified atom stereocenters. The van der Waals surface area contributed by atoms with Gasteiger partial charge in [0.25, 0.3) is 10.0 Å². The number of sulfonamides is 2. The quantitative estimate of drug-likeness (QED) is 0.685. The monoisotopic (exact) mass is 402 g/mol. The van der Waals surface area contributed by atoms with Crippen LogP contribution in [0.4, 0.5) is 5.69 Å². The number of hydrogen-bond donors (Lipinski definition) is 1. The molecule has 8 heteroatoms. The van der Waals surface area contributed by atoms with Gasteiger partial charge in [-0.2, -0.15) is 0 Å². The summed E-state index contributed by atoms with van der Waals surface area (Å²) in [6.07, 6.45) is 0. The van der Waals surface area contributed by atoms with Gasteiger partial charge in [-0.25, -0.2) is 22.0 Å². The van der Waals surface area contributed by atoms with E-state index in [1.54, 1.807) is 30.3 Å². The standard InChI is InChI=1S/C19H18N2O4S2/c20-26(22,23)18-12-7-13-19(14-18)27(24,25)21(17-10-5-2-6-11-17)15-16-8-3-1-4-9-16/h1-14H,15H2,(H2,20,22,23). The van der Waals surface area contributed by atoms with Gasteiger partial charge in [0.1, 0.15) is 0 Å². The van der Waals surface area contributed by atoms with Gasteiger partial charge in [0.05, 0.1) is 22.0 Å². The fraction of sp³-hybridized carbons (Fsp3) is 0.0526. The Bertz CT molecular complexity index is 1130. The van der Waals surface area contributed by atoms with Crippen molar-refractivity contribution in [1.82, 2.24) is 0 Å². The summed E-state index contributed by atoms with van der Waals surface area (Å²) in [5.74, 6) is 0. The number of nitrogens with zero attached hydrogens (tertiary/aromatic N) is 1. The normalized spacial score (nSPS) is 11.9. The minimum atomic E-state index is -4.02. The van der Waals surface area contributed by atoms with Gasteiger partial charge in [-0.15, -0.1) is 0 Å². The molecule has 0 aliphatic rings. The summed E-state index contributed by atoms with van der Waals surface area (Å²) in [6.45, 7) is 0.104. The van der Waals surface area contributed by atoms with Crippen LogP contribution in [0.25, 0.3) is 0 Å². The predicted molar refractivity (Wildman–Crippen MR) is 104 cm³/mol. The van der Waals surface area contributed by atoms with Gasteiger partial charge in [0.15, 0.2) is 0 Å². The van der Waals surface area contributed by atoms with E-state index in [0.29, 0.717) is 5.69 Å². The third-order valence-electron chi connectivity index (χ3n) is 3.94. The van der Waals surface area contributed by atoms with Crippen molar-refractivity contribution in [3.8, 4) is 0 Å². The van der Waals surface area contributed by atoms with Crippen molar-refractivity contribution in [2.75, 3.05) is 4.31 Å². The first-order valence-electron chi connectivity index (χ1n) is 8.03. The molecule has 6 nitrogen and oxygen atoms in total. The van der Waals surface area contributed by atoms with Gasteiger partial charge in [0, 0.05) is 0 Å². The lowest BCUT2D eigenvalue weighted by molar-refractivity contribution is 0.590. The molecule has 2 N–H and O–H groups in total. The summed E-state index contributed by atoms with van der Waals surface area (Å²) >= 11 is 0. The van der Waals surface area contributed by atoms with Crippen LogP contribution in [0.5, 0.6) is 0 Å². The molecular weight excluding hydrogens is 384 g/mol. The summed E-state index contributed by atoms with van der Waals surface area (Å²) in [6, 6.07) is 22.8. The molecule has 140 valence electrons. The van der Waals surface area contributed by atoms with E-state index in [2.05, 4.69) is 0 Å². The first-order valence-corrected chi connectivity index (χ1v) is 11.0. The van der Waals surface area contributed by atoms with E-state index in [0.717, 1.165) is 11.6 Å². The Kier molecular flexibility index (Phi) is 5.31. The molecule has 3 rings (SSSR count). The molecule has 3 aromatic rings. The third-order valence-corrected chi connectivity index (χ3v) is 6.62. The Balaban J connectivity index is 2.11. The maximum Gasteiger partial charge on any atom is 0.264 e. The highest BCUT2D eigenvalue weighted by atomic mass is 32.2. The molecule has 0 amide bonds. The molecule has 0 aromatic heterocycles. The second kappa shape index (κ2) is 7.51. The third kappa shape index (κ3) is 4.36. The van der Waals surface area contributed by atoms with Crippen molar-refractivity contribution in [3.05, 3.63) is 90.5 Å². The zero-order chi connectivity index (χ0) is 19.5. The summed E-state index contributed by atoms with van der Waals surface area (Å²) < 4.78 is 51.1. The molecule has 0 spiro atoms. The SMILES string of the molecule is NS(=O)(=O)c1cccc(S(=O)(=O)N(Cc2ccccc2)c2ccccc2)c1. The van der Waals surface area contributed by atoms with Crippen molar-refractivity contribution in [2.45, 2.75) is 16.3 Å². The Morgan fingerprint density at radius 3 is 1.85 bits per heavy atom. The van der Waals surface area contributed by atoms with E-state index in [4.69, 9.17) is 5.14 Å². The lowest BCUT2D eigenvalue weighted by atomic mass is 10.2. The predicted octanol–water partition coefficient (Wildman–Crippen LogP) is 2.73. The molecule has 0 saturated carbocycles. The Labute approximate surface area is 159 Å². The minimum Gasteiger partial charge on any atom is -0.262 e.